The van der Waals surface area contributed by atoms with Gasteiger partial charge < -0.3 is 15.0 Å². The number of hydrogen-bond donors (Lipinski definition) is 1. The maximum Gasteiger partial charge on any atom is 0.282 e. The van der Waals surface area contributed by atoms with E-state index in [0.717, 1.165) is 5.56 Å². The summed E-state index contributed by atoms with van der Waals surface area (Å²) in [6.45, 7) is 5.28. The number of hydrogen-bond acceptors (Lipinski definition) is 5. The molecule has 2 heterocycles. The van der Waals surface area contributed by atoms with Crippen LogP contribution in [-0.4, -0.2) is 86.2 Å². The maximum absolute atomic E-state index is 13.0. The Balaban J connectivity index is 1.52. The van der Waals surface area contributed by atoms with Gasteiger partial charge in [-0.1, -0.05) is 44.2 Å². The zero-order valence-electron chi connectivity index (χ0n) is 19.2. The minimum Gasteiger partial charge on any atom is -0.371 e. The van der Waals surface area contributed by atoms with Crippen molar-refractivity contribution in [3.8, 4) is 0 Å². The van der Waals surface area contributed by atoms with Crippen molar-refractivity contribution in [3.05, 3.63) is 35.9 Å². The van der Waals surface area contributed by atoms with Crippen molar-refractivity contribution in [1.82, 2.24) is 18.8 Å². The molecule has 0 aromatic heterocycles. The van der Waals surface area contributed by atoms with Gasteiger partial charge in [-0.3, -0.25) is 9.59 Å². The van der Waals surface area contributed by atoms with Crippen LogP contribution < -0.4 is 5.32 Å². The third-order valence-corrected chi connectivity index (χ3v) is 8.14. The molecule has 0 aliphatic carbocycles. The Morgan fingerprint density at radius 2 is 1.81 bits per heavy atom. The number of ether oxygens (including phenoxy) is 1. The van der Waals surface area contributed by atoms with E-state index in [2.05, 4.69) is 5.32 Å². The lowest BCUT2D eigenvalue weighted by atomic mass is 9.99. The molecule has 1 aromatic rings. The van der Waals surface area contributed by atoms with Gasteiger partial charge in [0.15, 0.2) is 0 Å². The Bertz CT molecular complexity index is 902. The number of likely N-dealkylation sites (N-methyl/N-ethyl adjacent to an activating group) is 2. The monoisotopic (exact) mass is 466 g/mol. The largest absolute Gasteiger partial charge is 0.371 e. The first-order valence-corrected chi connectivity index (χ1v) is 12.4. The summed E-state index contributed by atoms with van der Waals surface area (Å²) in [6.07, 6.45) is 0.318. The Hall–Kier alpha value is -2.01. The van der Waals surface area contributed by atoms with Crippen LogP contribution in [0.5, 0.6) is 0 Å². The molecule has 10 heteroatoms. The quantitative estimate of drug-likeness (QED) is 0.577. The van der Waals surface area contributed by atoms with Gasteiger partial charge in [-0.25, -0.2) is 0 Å². The van der Waals surface area contributed by atoms with E-state index in [-0.39, 0.29) is 30.4 Å². The van der Waals surface area contributed by atoms with Crippen molar-refractivity contribution in [2.75, 3.05) is 40.3 Å². The number of carbonyl (C=O) groups is 2. The first-order valence-electron chi connectivity index (χ1n) is 11.0. The van der Waals surface area contributed by atoms with Gasteiger partial charge in [-0.2, -0.15) is 17.0 Å². The third kappa shape index (κ3) is 5.31. The smallest absolute Gasteiger partial charge is 0.282 e. The highest BCUT2D eigenvalue weighted by atomic mass is 32.2. The summed E-state index contributed by atoms with van der Waals surface area (Å²) >= 11 is 0. The van der Waals surface area contributed by atoms with Crippen LogP contribution in [0.3, 0.4) is 0 Å². The van der Waals surface area contributed by atoms with Gasteiger partial charge >= 0.3 is 0 Å². The van der Waals surface area contributed by atoms with Crippen molar-refractivity contribution in [2.45, 2.75) is 39.0 Å². The van der Waals surface area contributed by atoms with Crippen molar-refractivity contribution in [2.24, 2.45) is 11.8 Å². The Morgan fingerprint density at radius 3 is 2.41 bits per heavy atom. The number of amides is 2. The summed E-state index contributed by atoms with van der Waals surface area (Å²) in [4.78, 5) is 26.7. The van der Waals surface area contributed by atoms with Gasteiger partial charge in [0.25, 0.3) is 10.2 Å². The van der Waals surface area contributed by atoms with Crippen LogP contribution in [0.4, 0.5) is 0 Å². The summed E-state index contributed by atoms with van der Waals surface area (Å²) in [5.74, 6) is -0.927. The molecular weight excluding hydrogens is 432 g/mol. The molecule has 0 saturated carbocycles. The predicted octanol–water partition coefficient (Wildman–Crippen LogP) is 0.683. The summed E-state index contributed by atoms with van der Waals surface area (Å²) in [5.41, 5.74) is 1.05. The summed E-state index contributed by atoms with van der Waals surface area (Å²) in [5, 5.41) is 2.60. The summed E-state index contributed by atoms with van der Waals surface area (Å²) in [6, 6.07) is 9.18. The van der Waals surface area contributed by atoms with Crippen LogP contribution >= 0.6 is 0 Å². The number of nitrogens with zero attached hydrogens (tertiary/aromatic N) is 3. The molecule has 3 rings (SSSR count). The van der Waals surface area contributed by atoms with Gasteiger partial charge in [0, 0.05) is 40.3 Å². The van der Waals surface area contributed by atoms with Crippen LogP contribution in [0.2, 0.25) is 0 Å². The fraction of sp³-hybridized carbons (Fsp3) is 0.636. The van der Waals surface area contributed by atoms with E-state index in [1.54, 1.807) is 14.1 Å². The van der Waals surface area contributed by atoms with Gasteiger partial charge in [-0.15, -0.1) is 0 Å². The fourth-order valence-electron chi connectivity index (χ4n) is 4.28. The molecule has 32 heavy (non-hydrogen) atoms. The second kappa shape index (κ2) is 10.3. The van der Waals surface area contributed by atoms with Crippen LogP contribution in [0.15, 0.2) is 30.3 Å². The van der Waals surface area contributed by atoms with E-state index in [4.69, 9.17) is 4.74 Å². The van der Waals surface area contributed by atoms with Gasteiger partial charge in [-0.05, 0) is 17.9 Å². The summed E-state index contributed by atoms with van der Waals surface area (Å²) < 4.78 is 34.5. The SMILES string of the molecule is CNC(=O)[C@H](C(C)C)N(C)C(=O)[C@H]1CCN(S(=O)(=O)N2CC(OCc3ccccc3)C2)C1. The van der Waals surface area contributed by atoms with Gasteiger partial charge in [0.1, 0.15) is 6.04 Å². The molecule has 9 nitrogen and oxygen atoms in total. The molecule has 2 amide bonds. The molecule has 2 aliphatic rings. The van der Waals surface area contributed by atoms with E-state index < -0.39 is 22.2 Å². The molecule has 2 aliphatic heterocycles. The normalized spacial score (nSPS) is 21.3. The average molecular weight is 467 g/mol. The lowest BCUT2D eigenvalue weighted by Gasteiger charge is -2.39. The Morgan fingerprint density at radius 1 is 1.16 bits per heavy atom. The lowest BCUT2D eigenvalue weighted by Crippen LogP contribution is -2.58. The second-order valence-corrected chi connectivity index (χ2v) is 10.8. The van der Waals surface area contributed by atoms with Crippen LogP contribution in [-0.2, 0) is 31.1 Å². The van der Waals surface area contributed by atoms with E-state index in [0.29, 0.717) is 32.7 Å². The second-order valence-electron chi connectivity index (χ2n) is 8.84. The molecule has 1 N–H and O–H groups in total. The fourth-order valence-corrected chi connectivity index (χ4v) is 6.02. The van der Waals surface area contributed by atoms with E-state index in [1.165, 1.54) is 13.5 Å². The topological polar surface area (TPSA) is 99.3 Å². The van der Waals surface area contributed by atoms with E-state index in [9.17, 15) is 18.0 Å². The van der Waals surface area contributed by atoms with Crippen molar-refractivity contribution < 1.29 is 22.7 Å². The van der Waals surface area contributed by atoms with Crippen LogP contribution in [0, 0.1) is 11.8 Å². The first-order chi connectivity index (χ1) is 15.1. The Kier molecular flexibility index (Phi) is 7.92. The molecule has 1 aromatic carbocycles. The highest BCUT2D eigenvalue weighted by molar-refractivity contribution is 7.86. The molecule has 2 saturated heterocycles. The van der Waals surface area contributed by atoms with Gasteiger partial charge in [0.2, 0.25) is 11.8 Å². The zero-order chi connectivity index (χ0) is 23.5. The van der Waals surface area contributed by atoms with Crippen molar-refractivity contribution in [3.63, 3.8) is 0 Å². The Labute approximate surface area is 190 Å². The minimum absolute atomic E-state index is 0.0564. The van der Waals surface area contributed by atoms with Crippen molar-refractivity contribution in [1.29, 1.82) is 0 Å². The minimum atomic E-state index is -3.63. The molecule has 0 bridgehead atoms. The van der Waals surface area contributed by atoms with Crippen LogP contribution in [0.1, 0.15) is 25.8 Å². The molecule has 0 radical (unpaired) electrons. The highest BCUT2D eigenvalue weighted by Crippen LogP contribution is 2.27. The molecule has 2 fully saturated rings. The first kappa shape index (κ1) is 24.6. The number of benzene rings is 1. The third-order valence-electron chi connectivity index (χ3n) is 6.21. The predicted molar refractivity (Wildman–Crippen MR) is 121 cm³/mol. The van der Waals surface area contributed by atoms with Crippen LogP contribution in [0.25, 0.3) is 0 Å². The number of carbonyl (C=O) groups excluding carboxylic acids is 2. The molecule has 178 valence electrons. The van der Waals surface area contributed by atoms with Crippen molar-refractivity contribution >= 4 is 22.0 Å². The average Bonchev–Trinajstić information content (AvgIpc) is 3.23. The standard InChI is InChI=1S/C22H34N4O5S/c1-16(2)20(21(27)23-3)24(4)22(28)18-10-11-25(12-18)32(29,30)26-13-19(14-26)31-15-17-8-6-5-7-9-17/h5-9,16,18-20H,10-15H2,1-4H3,(H,23,27)/t18-,20-/m0/s1. The molecule has 0 unspecified atom stereocenters. The summed E-state index contributed by atoms with van der Waals surface area (Å²) in [7, 11) is -0.471. The zero-order valence-corrected chi connectivity index (χ0v) is 20.0. The highest BCUT2D eigenvalue weighted by Gasteiger charge is 2.44. The lowest BCUT2D eigenvalue weighted by molar-refractivity contribution is -0.143. The molecule has 2 atom stereocenters. The van der Waals surface area contributed by atoms with E-state index in [1.807, 2.05) is 44.2 Å². The number of nitrogens with one attached hydrogen (secondary N) is 1. The number of rotatable bonds is 9. The molecular formula is C22H34N4O5S. The molecule has 0 spiro atoms. The van der Waals surface area contributed by atoms with E-state index >= 15 is 0 Å². The maximum atomic E-state index is 13.0. The van der Waals surface area contributed by atoms with Gasteiger partial charge in [0.05, 0.1) is 18.6 Å².